The second-order valence-electron chi connectivity index (χ2n) is 9.09. The van der Waals surface area contributed by atoms with Crippen LogP contribution in [0.15, 0.2) is 0 Å². The van der Waals surface area contributed by atoms with Crippen LogP contribution in [0, 0.1) is 5.41 Å². The summed E-state index contributed by atoms with van der Waals surface area (Å²) in [5.74, 6) is 0.127. The SMILES string of the molecule is CCCN(CCO)CCN(CCC)CCC(=O)NCC(C)(C)CC(C)(C)S. The number of hydrogen-bond acceptors (Lipinski definition) is 5. The number of carbonyl (C=O) groups is 1. The Labute approximate surface area is 173 Å². The molecular weight excluding hydrogens is 358 g/mol. The van der Waals surface area contributed by atoms with Crippen molar-refractivity contribution in [2.75, 3.05) is 52.4 Å². The highest BCUT2D eigenvalue weighted by molar-refractivity contribution is 7.81. The van der Waals surface area contributed by atoms with Crippen LogP contribution in [0.5, 0.6) is 0 Å². The fourth-order valence-corrected chi connectivity index (χ4v) is 4.08. The first-order valence-electron chi connectivity index (χ1n) is 10.6. The van der Waals surface area contributed by atoms with E-state index in [0.29, 0.717) is 13.0 Å². The van der Waals surface area contributed by atoms with Crippen LogP contribution in [-0.2, 0) is 4.79 Å². The van der Waals surface area contributed by atoms with Crippen LogP contribution in [0.3, 0.4) is 0 Å². The molecule has 1 amide bonds. The van der Waals surface area contributed by atoms with E-state index in [1.165, 1.54) is 0 Å². The Kier molecular flexibility index (Phi) is 13.7. The predicted octanol–water partition coefficient (Wildman–Crippen LogP) is 3.03. The van der Waals surface area contributed by atoms with E-state index in [2.05, 4.69) is 69.3 Å². The molecule has 0 rings (SSSR count). The van der Waals surface area contributed by atoms with Gasteiger partial charge in [0, 0.05) is 43.9 Å². The van der Waals surface area contributed by atoms with E-state index < -0.39 is 0 Å². The Morgan fingerprint density at radius 1 is 0.926 bits per heavy atom. The number of hydrogen-bond donors (Lipinski definition) is 3. The molecule has 0 bridgehead atoms. The number of amides is 1. The third-order valence-corrected chi connectivity index (χ3v) is 4.72. The van der Waals surface area contributed by atoms with Crippen molar-refractivity contribution in [1.29, 1.82) is 0 Å². The smallest absolute Gasteiger partial charge is 0.221 e. The molecule has 0 aromatic carbocycles. The standard InChI is InChI=1S/C21H45N3O2S/c1-7-10-23(13-14-24(11-8-2)15-16-25)12-9-19(26)22-18-20(3,4)17-21(5,6)27/h25,27H,7-18H2,1-6H3,(H,22,26). The lowest BCUT2D eigenvalue weighted by molar-refractivity contribution is -0.121. The predicted molar refractivity (Wildman–Crippen MR) is 120 cm³/mol. The van der Waals surface area contributed by atoms with Gasteiger partial charge in [-0.3, -0.25) is 9.69 Å². The second-order valence-corrected chi connectivity index (χ2v) is 10.3. The van der Waals surface area contributed by atoms with Gasteiger partial charge in [-0.2, -0.15) is 12.6 Å². The van der Waals surface area contributed by atoms with Gasteiger partial charge in [-0.25, -0.2) is 0 Å². The van der Waals surface area contributed by atoms with Gasteiger partial charge in [0.15, 0.2) is 0 Å². The number of aliphatic hydroxyl groups is 1. The molecule has 0 aliphatic carbocycles. The van der Waals surface area contributed by atoms with Gasteiger partial charge in [0.25, 0.3) is 0 Å². The Balaban J connectivity index is 4.33. The number of carbonyl (C=O) groups excluding carboxylic acids is 1. The topological polar surface area (TPSA) is 55.8 Å². The molecule has 6 heteroatoms. The van der Waals surface area contributed by atoms with Gasteiger partial charge in [0.2, 0.25) is 5.91 Å². The van der Waals surface area contributed by atoms with E-state index in [1.54, 1.807) is 0 Å². The van der Waals surface area contributed by atoms with Gasteiger partial charge in [0.05, 0.1) is 6.61 Å². The third-order valence-electron chi connectivity index (χ3n) is 4.56. The van der Waals surface area contributed by atoms with Crippen molar-refractivity contribution in [2.24, 2.45) is 5.41 Å². The molecule has 0 fully saturated rings. The third kappa shape index (κ3) is 15.3. The molecule has 162 valence electrons. The zero-order valence-corrected chi connectivity index (χ0v) is 19.6. The molecular formula is C21H45N3O2S. The average Bonchev–Trinajstić information content (AvgIpc) is 2.53. The molecule has 2 N–H and O–H groups in total. The molecule has 0 aliphatic heterocycles. The maximum Gasteiger partial charge on any atom is 0.221 e. The minimum absolute atomic E-state index is 0.0366. The fourth-order valence-electron chi connectivity index (χ4n) is 3.65. The number of aliphatic hydroxyl groups excluding tert-OH is 1. The van der Waals surface area contributed by atoms with Gasteiger partial charge >= 0.3 is 0 Å². The monoisotopic (exact) mass is 403 g/mol. The fraction of sp³-hybridized carbons (Fsp3) is 0.952. The van der Waals surface area contributed by atoms with Gasteiger partial charge in [0.1, 0.15) is 0 Å². The molecule has 27 heavy (non-hydrogen) atoms. The lowest BCUT2D eigenvalue weighted by Gasteiger charge is -2.32. The van der Waals surface area contributed by atoms with Gasteiger partial charge in [-0.05, 0) is 37.8 Å². The molecule has 0 saturated heterocycles. The molecule has 0 spiro atoms. The lowest BCUT2D eigenvalue weighted by atomic mass is 9.83. The first-order valence-corrected chi connectivity index (χ1v) is 11.0. The first-order chi connectivity index (χ1) is 12.5. The summed E-state index contributed by atoms with van der Waals surface area (Å²) in [5, 5.41) is 12.3. The molecule has 0 radical (unpaired) electrons. The summed E-state index contributed by atoms with van der Waals surface area (Å²) < 4.78 is -0.0366. The largest absolute Gasteiger partial charge is 0.395 e. The maximum absolute atomic E-state index is 12.3. The lowest BCUT2D eigenvalue weighted by Crippen LogP contribution is -2.40. The number of nitrogens with one attached hydrogen (secondary N) is 1. The minimum atomic E-state index is -0.0366. The highest BCUT2D eigenvalue weighted by Gasteiger charge is 2.26. The van der Waals surface area contributed by atoms with Gasteiger partial charge < -0.3 is 15.3 Å². The van der Waals surface area contributed by atoms with Crippen LogP contribution in [-0.4, -0.2) is 78.0 Å². The molecule has 0 aromatic rings. The normalized spacial score (nSPS) is 12.8. The summed E-state index contributed by atoms with van der Waals surface area (Å²) in [6, 6.07) is 0. The van der Waals surface area contributed by atoms with Crippen molar-refractivity contribution in [3.63, 3.8) is 0 Å². The summed E-state index contributed by atoms with van der Waals surface area (Å²) in [5.41, 5.74) is 0.0367. The van der Waals surface area contributed by atoms with Gasteiger partial charge in [-0.15, -0.1) is 0 Å². The van der Waals surface area contributed by atoms with E-state index in [1.807, 2.05) is 0 Å². The van der Waals surface area contributed by atoms with Crippen LogP contribution in [0.2, 0.25) is 0 Å². The molecule has 0 aliphatic rings. The zero-order chi connectivity index (χ0) is 20.9. The average molecular weight is 404 g/mol. The quantitative estimate of drug-likeness (QED) is 0.347. The summed E-state index contributed by atoms with van der Waals surface area (Å²) in [6.07, 6.45) is 3.66. The molecule has 0 aromatic heterocycles. The Morgan fingerprint density at radius 3 is 1.89 bits per heavy atom. The number of nitrogens with zero attached hydrogens (tertiary/aromatic N) is 2. The summed E-state index contributed by atoms with van der Waals surface area (Å²) in [4.78, 5) is 17.0. The van der Waals surface area contributed by atoms with Crippen LogP contribution >= 0.6 is 12.6 Å². The van der Waals surface area contributed by atoms with Crippen LogP contribution in [0.25, 0.3) is 0 Å². The summed E-state index contributed by atoms with van der Waals surface area (Å²) >= 11 is 4.62. The molecule has 0 unspecified atom stereocenters. The van der Waals surface area contributed by atoms with Crippen molar-refractivity contribution in [3.8, 4) is 0 Å². The highest BCUT2D eigenvalue weighted by Crippen LogP contribution is 2.30. The van der Waals surface area contributed by atoms with Crippen molar-refractivity contribution in [2.45, 2.75) is 72.0 Å². The van der Waals surface area contributed by atoms with E-state index in [9.17, 15) is 9.90 Å². The Morgan fingerprint density at radius 2 is 1.44 bits per heavy atom. The number of rotatable bonds is 16. The molecule has 0 atom stereocenters. The van der Waals surface area contributed by atoms with Crippen molar-refractivity contribution in [3.05, 3.63) is 0 Å². The van der Waals surface area contributed by atoms with Crippen molar-refractivity contribution < 1.29 is 9.90 Å². The van der Waals surface area contributed by atoms with Crippen LogP contribution in [0.4, 0.5) is 0 Å². The Hall–Kier alpha value is -0.300. The summed E-state index contributed by atoms with van der Waals surface area (Å²) in [6.45, 7) is 19.2. The molecule has 0 heterocycles. The molecule has 5 nitrogen and oxygen atoms in total. The molecule has 0 saturated carbocycles. The minimum Gasteiger partial charge on any atom is -0.395 e. The maximum atomic E-state index is 12.3. The van der Waals surface area contributed by atoms with Crippen molar-refractivity contribution in [1.82, 2.24) is 15.1 Å². The number of thiol groups is 1. The van der Waals surface area contributed by atoms with E-state index in [4.69, 9.17) is 0 Å². The summed E-state index contributed by atoms with van der Waals surface area (Å²) in [7, 11) is 0. The van der Waals surface area contributed by atoms with E-state index >= 15 is 0 Å². The van der Waals surface area contributed by atoms with E-state index in [0.717, 1.165) is 58.5 Å². The van der Waals surface area contributed by atoms with Gasteiger partial charge in [-0.1, -0.05) is 41.5 Å². The Bertz CT molecular complexity index is 391. The van der Waals surface area contributed by atoms with Crippen LogP contribution in [0.1, 0.15) is 67.2 Å². The van der Waals surface area contributed by atoms with Crippen molar-refractivity contribution >= 4 is 18.5 Å². The zero-order valence-electron chi connectivity index (χ0n) is 18.7. The second kappa shape index (κ2) is 13.8. The highest BCUT2D eigenvalue weighted by atomic mass is 32.1. The first kappa shape index (κ1) is 26.7. The van der Waals surface area contributed by atoms with E-state index in [-0.39, 0.29) is 22.7 Å². The van der Waals surface area contributed by atoms with Crippen LogP contribution < -0.4 is 5.32 Å².